The summed E-state index contributed by atoms with van der Waals surface area (Å²) in [6.45, 7) is 5.99. The lowest BCUT2D eigenvalue weighted by atomic mass is 10.2. The first-order valence-electron chi connectivity index (χ1n) is 7.36. The van der Waals surface area contributed by atoms with E-state index in [-0.39, 0.29) is 11.1 Å². The summed E-state index contributed by atoms with van der Waals surface area (Å²) in [5.74, 6) is -0.259. The molecule has 1 aromatic heterocycles. The van der Waals surface area contributed by atoms with Gasteiger partial charge in [0.2, 0.25) is 0 Å². The van der Waals surface area contributed by atoms with Crippen LogP contribution in [-0.2, 0) is 11.8 Å². The van der Waals surface area contributed by atoms with Gasteiger partial charge in [-0.25, -0.2) is 4.90 Å². The third-order valence-electron chi connectivity index (χ3n) is 4.19. The monoisotopic (exact) mass is 326 g/mol. The second-order valence-electron chi connectivity index (χ2n) is 5.74. The average Bonchev–Trinajstić information content (AvgIpc) is 2.92. The summed E-state index contributed by atoms with van der Waals surface area (Å²) < 4.78 is 2.07. The van der Waals surface area contributed by atoms with Crippen molar-refractivity contribution in [2.24, 2.45) is 7.05 Å². The quantitative estimate of drug-likeness (QED) is 0.777. The average molecular weight is 326 g/mol. The summed E-state index contributed by atoms with van der Waals surface area (Å²) in [6.07, 6.45) is 1.81. The third kappa shape index (κ3) is 2.72. The molecular formula is C18H18N2O2S. The molecule has 0 radical (unpaired) electrons. The molecule has 0 unspecified atom stereocenters. The van der Waals surface area contributed by atoms with Crippen molar-refractivity contribution in [2.75, 3.05) is 4.90 Å². The molecule has 1 aliphatic rings. The minimum Gasteiger partial charge on any atom is -0.352 e. The minimum absolute atomic E-state index is 0.254. The van der Waals surface area contributed by atoms with E-state index in [1.54, 1.807) is 18.2 Å². The number of hydrogen-bond acceptors (Lipinski definition) is 3. The fourth-order valence-corrected chi connectivity index (χ4v) is 3.39. The maximum atomic E-state index is 12.6. The number of thioether (sulfide) groups is 1. The number of aryl methyl sites for hydroxylation is 2. The van der Waals surface area contributed by atoms with Gasteiger partial charge in [-0.05, 0) is 62.4 Å². The lowest BCUT2D eigenvalue weighted by molar-refractivity contribution is -0.113. The van der Waals surface area contributed by atoms with Crippen LogP contribution in [0.25, 0.3) is 6.08 Å². The molecule has 0 aliphatic carbocycles. The fraction of sp³-hybridized carbons (Fsp3) is 0.222. The van der Waals surface area contributed by atoms with Crippen LogP contribution in [0.5, 0.6) is 0 Å². The van der Waals surface area contributed by atoms with Gasteiger partial charge in [-0.15, -0.1) is 0 Å². The zero-order chi connectivity index (χ0) is 16.7. The highest BCUT2D eigenvalue weighted by atomic mass is 32.2. The summed E-state index contributed by atoms with van der Waals surface area (Å²) in [5.41, 5.74) is 4.87. The molecule has 1 aliphatic heterocycles. The normalized spacial score (nSPS) is 16.7. The summed E-state index contributed by atoms with van der Waals surface area (Å²) >= 11 is 0.989. The first-order chi connectivity index (χ1) is 10.9. The first kappa shape index (κ1) is 15.6. The van der Waals surface area contributed by atoms with Gasteiger partial charge in [-0.1, -0.05) is 17.7 Å². The van der Waals surface area contributed by atoms with E-state index < -0.39 is 0 Å². The maximum Gasteiger partial charge on any atom is 0.298 e. The van der Waals surface area contributed by atoms with Crippen LogP contribution in [-0.4, -0.2) is 15.7 Å². The van der Waals surface area contributed by atoms with Gasteiger partial charge in [-0.2, -0.15) is 0 Å². The smallest absolute Gasteiger partial charge is 0.298 e. The van der Waals surface area contributed by atoms with Crippen LogP contribution >= 0.6 is 11.8 Å². The summed E-state index contributed by atoms with van der Waals surface area (Å²) in [5, 5.41) is -0.254. The van der Waals surface area contributed by atoms with Crippen molar-refractivity contribution >= 4 is 34.7 Å². The number of aromatic nitrogens is 1. The van der Waals surface area contributed by atoms with Crippen LogP contribution in [0.1, 0.15) is 22.5 Å². The lowest BCUT2D eigenvalue weighted by Gasteiger charge is -2.12. The predicted octanol–water partition coefficient (Wildman–Crippen LogP) is 4.19. The van der Waals surface area contributed by atoms with E-state index in [9.17, 15) is 9.59 Å². The molecule has 1 saturated heterocycles. The third-order valence-corrected chi connectivity index (χ3v) is 5.06. The van der Waals surface area contributed by atoms with Gasteiger partial charge in [0.25, 0.3) is 11.1 Å². The Hall–Kier alpha value is -2.27. The molecule has 2 amide bonds. The molecule has 0 N–H and O–H groups in total. The molecule has 118 valence electrons. The van der Waals surface area contributed by atoms with Gasteiger partial charge in [0.1, 0.15) is 0 Å². The van der Waals surface area contributed by atoms with Crippen LogP contribution in [0, 0.1) is 20.8 Å². The van der Waals surface area contributed by atoms with Crippen LogP contribution < -0.4 is 4.90 Å². The zero-order valence-electron chi connectivity index (χ0n) is 13.6. The molecule has 2 heterocycles. The number of amides is 2. The first-order valence-corrected chi connectivity index (χ1v) is 8.17. The van der Waals surface area contributed by atoms with Crippen molar-refractivity contribution in [3.8, 4) is 0 Å². The van der Waals surface area contributed by atoms with E-state index >= 15 is 0 Å². The molecule has 23 heavy (non-hydrogen) atoms. The van der Waals surface area contributed by atoms with Crippen molar-refractivity contribution < 1.29 is 9.59 Å². The number of rotatable bonds is 2. The van der Waals surface area contributed by atoms with Crippen molar-refractivity contribution in [2.45, 2.75) is 20.8 Å². The number of benzene rings is 1. The molecule has 0 spiro atoms. The molecule has 1 fully saturated rings. The minimum atomic E-state index is -0.259. The predicted molar refractivity (Wildman–Crippen MR) is 94.5 cm³/mol. The van der Waals surface area contributed by atoms with Gasteiger partial charge >= 0.3 is 0 Å². The molecule has 2 aromatic rings. The van der Waals surface area contributed by atoms with E-state index in [0.717, 1.165) is 34.3 Å². The molecule has 4 nitrogen and oxygen atoms in total. The van der Waals surface area contributed by atoms with E-state index in [0.29, 0.717) is 10.6 Å². The largest absolute Gasteiger partial charge is 0.352 e. The van der Waals surface area contributed by atoms with Crippen LogP contribution in [0.15, 0.2) is 35.2 Å². The number of carbonyl (C=O) groups is 2. The number of anilines is 1. The number of hydrogen-bond donors (Lipinski definition) is 0. The van der Waals surface area contributed by atoms with Crippen LogP contribution in [0.2, 0.25) is 0 Å². The second-order valence-corrected chi connectivity index (χ2v) is 6.73. The number of imide groups is 1. The molecule has 0 atom stereocenters. The standard InChI is InChI=1S/C18H18N2O2S/c1-11-5-7-15(8-6-11)20-17(21)16(23-18(20)22)10-14-9-12(2)19(4)13(14)3/h5-10H,1-4H3/b16-10-. The van der Waals surface area contributed by atoms with Gasteiger partial charge in [0.05, 0.1) is 10.6 Å². The summed E-state index contributed by atoms with van der Waals surface area (Å²) in [6, 6.07) is 9.41. The van der Waals surface area contributed by atoms with Crippen molar-refractivity contribution in [1.82, 2.24) is 4.57 Å². The SMILES string of the molecule is Cc1ccc(N2C(=O)S/C(=C\c3cc(C)n(C)c3C)C2=O)cc1. The van der Waals surface area contributed by atoms with Crippen LogP contribution in [0.4, 0.5) is 10.5 Å². The summed E-state index contributed by atoms with van der Waals surface area (Å²) in [7, 11) is 1.99. The highest BCUT2D eigenvalue weighted by molar-refractivity contribution is 8.19. The summed E-state index contributed by atoms with van der Waals surface area (Å²) in [4.78, 5) is 26.6. The number of nitrogens with zero attached hydrogens (tertiary/aromatic N) is 2. The molecule has 5 heteroatoms. The highest BCUT2D eigenvalue weighted by Gasteiger charge is 2.36. The fourth-order valence-electron chi connectivity index (χ4n) is 2.56. The molecule has 0 bridgehead atoms. The van der Waals surface area contributed by atoms with E-state index in [2.05, 4.69) is 4.57 Å². The van der Waals surface area contributed by atoms with Crippen LogP contribution in [0.3, 0.4) is 0 Å². The van der Waals surface area contributed by atoms with Crippen molar-refractivity contribution in [1.29, 1.82) is 0 Å². The van der Waals surface area contributed by atoms with Gasteiger partial charge in [-0.3, -0.25) is 9.59 Å². The molecular weight excluding hydrogens is 308 g/mol. The van der Waals surface area contributed by atoms with Crippen molar-refractivity contribution in [3.63, 3.8) is 0 Å². The van der Waals surface area contributed by atoms with E-state index in [4.69, 9.17) is 0 Å². The molecule has 1 aromatic carbocycles. The Labute approximate surface area is 139 Å². The van der Waals surface area contributed by atoms with Gasteiger partial charge in [0, 0.05) is 18.4 Å². The van der Waals surface area contributed by atoms with Crippen molar-refractivity contribution in [3.05, 3.63) is 57.8 Å². The molecule has 3 rings (SSSR count). The molecule has 0 saturated carbocycles. The second kappa shape index (κ2) is 5.74. The topological polar surface area (TPSA) is 42.3 Å². The Morgan fingerprint density at radius 2 is 1.70 bits per heavy atom. The zero-order valence-corrected chi connectivity index (χ0v) is 14.4. The Morgan fingerprint density at radius 1 is 1.04 bits per heavy atom. The Kier molecular flexibility index (Phi) is 3.90. The maximum absolute atomic E-state index is 12.6. The Morgan fingerprint density at radius 3 is 2.26 bits per heavy atom. The highest BCUT2D eigenvalue weighted by Crippen LogP contribution is 2.36. The number of carbonyl (C=O) groups excluding carboxylic acids is 2. The van der Waals surface area contributed by atoms with E-state index in [1.165, 1.54) is 4.90 Å². The van der Waals surface area contributed by atoms with Gasteiger partial charge in [0.15, 0.2) is 0 Å². The van der Waals surface area contributed by atoms with E-state index in [1.807, 2.05) is 46.0 Å². The lowest BCUT2D eigenvalue weighted by Crippen LogP contribution is -2.27. The Balaban J connectivity index is 1.96. The van der Waals surface area contributed by atoms with Gasteiger partial charge < -0.3 is 4.57 Å². The Bertz CT molecular complexity index is 831.